The van der Waals surface area contributed by atoms with Crippen molar-refractivity contribution in [3.8, 4) is 0 Å². The minimum Gasteiger partial charge on any atom is -0.366 e. The van der Waals surface area contributed by atoms with Gasteiger partial charge in [0.25, 0.3) is 5.91 Å². The molecule has 20 heavy (non-hydrogen) atoms. The summed E-state index contributed by atoms with van der Waals surface area (Å²) in [5.74, 6) is -1.62. The molecule has 0 saturated heterocycles. The Morgan fingerprint density at radius 2 is 1.85 bits per heavy atom. The summed E-state index contributed by atoms with van der Waals surface area (Å²) >= 11 is 0. The molecule has 0 atom stereocenters. The Kier molecular flexibility index (Phi) is 4.10. The molecule has 5 heteroatoms. The Morgan fingerprint density at radius 1 is 1.10 bits per heavy atom. The van der Waals surface area contributed by atoms with Crippen molar-refractivity contribution in [2.45, 2.75) is 6.54 Å². The number of amides is 2. The molecule has 0 bridgehead atoms. The standard InChI is InChI=1S/C15H13FN2O2/c16-13-7-2-1-6-12(13)15(20)18-9-10-4-3-5-11(8-10)14(17)19/h1-8H,9H2,(H2,17,19)(H,18,20). The number of primary amides is 1. The topological polar surface area (TPSA) is 72.2 Å². The lowest BCUT2D eigenvalue weighted by Gasteiger charge is -2.07. The Hall–Kier alpha value is -2.69. The monoisotopic (exact) mass is 272 g/mol. The summed E-state index contributed by atoms with van der Waals surface area (Å²) in [7, 11) is 0. The minimum absolute atomic E-state index is 0.0152. The van der Waals surface area contributed by atoms with Crippen molar-refractivity contribution in [2.75, 3.05) is 0 Å². The zero-order valence-electron chi connectivity index (χ0n) is 10.6. The van der Waals surface area contributed by atoms with Gasteiger partial charge in [-0.1, -0.05) is 24.3 Å². The van der Waals surface area contributed by atoms with E-state index in [0.717, 1.165) is 0 Å². The quantitative estimate of drug-likeness (QED) is 0.891. The molecule has 102 valence electrons. The zero-order valence-corrected chi connectivity index (χ0v) is 10.6. The third kappa shape index (κ3) is 3.20. The van der Waals surface area contributed by atoms with Gasteiger partial charge < -0.3 is 11.1 Å². The van der Waals surface area contributed by atoms with Crippen LogP contribution in [0.1, 0.15) is 26.3 Å². The van der Waals surface area contributed by atoms with Crippen LogP contribution in [0.25, 0.3) is 0 Å². The fraction of sp³-hybridized carbons (Fsp3) is 0.0667. The number of hydrogen-bond acceptors (Lipinski definition) is 2. The van der Waals surface area contributed by atoms with Crippen LogP contribution in [-0.4, -0.2) is 11.8 Å². The molecule has 0 unspecified atom stereocenters. The van der Waals surface area contributed by atoms with Gasteiger partial charge in [-0.2, -0.15) is 0 Å². The van der Waals surface area contributed by atoms with Gasteiger partial charge in [-0.15, -0.1) is 0 Å². The zero-order chi connectivity index (χ0) is 14.5. The van der Waals surface area contributed by atoms with Crippen molar-refractivity contribution in [1.29, 1.82) is 0 Å². The Balaban J connectivity index is 2.06. The molecule has 0 aromatic heterocycles. The van der Waals surface area contributed by atoms with Crippen LogP contribution in [0.15, 0.2) is 48.5 Å². The first-order valence-corrected chi connectivity index (χ1v) is 5.99. The van der Waals surface area contributed by atoms with E-state index in [9.17, 15) is 14.0 Å². The second-order valence-electron chi connectivity index (χ2n) is 4.23. The van der Waals surface area contributed by atoms with E-state index in [1.54, 1.807) is 30.3 Å². The first-order chi connectivity index (χ1) is 9.58. The van der Waals surface area contributed by atoms with Gasteiger partial charge in [0, 0.05) is 12.1 Å². The molecule has 0 fully saturated rings. The predicted molar refractivity (Wildman–Crippen MR) is 72.5 cm³/mol. The van der Waals surface area contributed by atoms with E-state index in [1.807, 2.05) is 0 Å². The van der Waals surface area contributed by atoms with Gasteiger partial charge >= 0.3 is 0 Å². The summed E-state index contributed by atoms with van der Waals surface area (Å²) in [4.78, 5) is 22.9. The number of nitrogens with two attached hydrogens (primary N) is 1. The lowest BCUT2D eigenvalue weighted by Crippen LogP contribution is -2.24. The molecule has 0 spiro atoms. The summed E-state index contributed by atoms with van der Waals surface area (Å²) in [5, 5.41) is 2.59. The van der Waals surface area contributed by atoms with Gasteiger partial charge in [0.2, 0.25) is 5.91 Å². The highest BCUT2D eigenvalue weighted by atomic mass is 19.1. The van der Waals surface area contributed by atoms with Crippen molar-refractivity contribution in [3.05, 3.63) is 71.0 Å². The normalized spacial score (nSPS) is 10.1. The van der Waals surface area contributed by atoms with Crippen LogP contribution >= 0.6 is 0 Å². The van der Waals surface area contributed by atoms with Gasteiger partial charge in [0.05, 0.1) is 5.56 Å². The fourth-order valence-corrected chi connectivity index (χ4v) is 1.76. The predicted octanol–water partition coefficient (Wildman–Crippen LogP) is 1.85. The van der Waals surface area contributed by atoms with Gasteiger partial charge in [-0.05, 0) is 29.8 Å². The molecule has 2 aromatic carbocycles. The van der Waals surface area contributed by atoms with Crippen molar-refractivity contribution in [2.24, 2.45) is 5.73 Å². The Morgan fingerprint density at radius 3 is 2.55 bits per heavy atom. The number of rotatable bonds is 4. The van der Waals surface area contributed by atoms with Crippen molar-refractivity contribution in [3.63, 3.8) is 0 Å². The highest BCUT2D eigenvalue weighted by Crippen LogP contribution is 2.08. The van der Waals surface area contributed by atoms with Crippen LogP contribution in [0.2, 0.25) is 0 Å². The molecular weight excluding hydrogens is 259 g/mol. The molecule has 4 nitrogen and oxygen atoms in total. The summed E-state index contributed by atoms with van der Waals surface area (Å²) in [6, 6.07) is 12.3. The van der Waals surface area contributed by atoms with E-state index in [0.29, 0.717) is 11.1 Å². The van der Waals surface area contributed by atoms with Gasteiger partial charge in [0.1, 0.15) is 5.82 Å². The number of halogens is 1. The van der Waals surface area contributed by atoms with Crippen LogP contribution in [0.3, 0.4) is 0 Å². The SMILES string of the molecule is NC(=O)c1cccc(CNC(=O)c2ccccc2F)c1. The van der Waals surface area contributed by atoms with E-state index in [-0.39, 0.29) is 12.1 Å². The molecule has 3 N–H and O–H groups in total. The summed E-state index contributed by atoms with van der Waals surface area (Å²) in [6.45, 7) is 0.189. The lowest BCUT2D eigenvalue weighted by atomic mass is 10.1. The molecular formula is C15H13FN2O2. The largest absolute Gasteiger partial charge is 0.366 e. The van der Waals surface area contributed by atoms with Gasteiger partial charge in [-0.3, -0.25) is 9.59 Å². The summed E-state index contributed by atoms with van der Waals surface area (Å²) in [6.07, 6.45) is 0. The fourth-order valence-electron chi connectivity index (χ4n) is 1.76. The lowest BCUT2D eigenvalue weighted by molar-refractivity contribution is 0.0946. The Labute approximate surface area is 115 Å². The van der Waals surface area contributed by atoms with Crippen LogP contribution < -0.4 is 11.1 Å². The average Bonchev–Trinajstić information content (AvgIpc) is 2.45. The smallest absolute Gasteiger partial charge is 0.254 e. The third-order valence-electron chi connectivity index (χ3n) is 2.78. The number of carbonyl (C=O) groups excluding carboxylic acids is 2. The highest BCUT2D eigenvalue weighted by molar-refractivity contribution is 5.94. The summed E-state index contributed by atoms with van der Waals surface area (Å²) in [5.41, 5.74) is 6.24. The highest BCUT2D eigenvalue weighted by Gasteiger charge is 2.10. The molecule has 0 saturated carbocycles. The van der Waals surface area contributed by atoms with E-state index in [2.05, 4.69) is 5.32 Å². The molecule has 2 aromatic rings. The van der Waals surface area contributed by atoms with Crippen LogP contribution in [0.5, 0.6) is 0 Å². The molecule has 2 rings (SSSR count). The minimum atomic E-state index is -0.573. The number of hydrogen-bond donors (Lipinski definition) is 2. The van der Waals surface area contributed by atoms with Crippen molar-refractivity contribution >= 4 is 11.8 Å². The summed E-state index contributed by atoms with van der Waals surface area (Å²) < 4.78 is 13.4. The second kappa shape index (κ2) is 5.97. The maximum atomic E-state index is 13.4. The first kappa shape index (κ1) is 13.7. The van der Waals surface area contributed by atoms with E-state index < -0.39 is 17.6 Å². The first-order valence-electron chi connectivity index (χ1n) is 5.99. The molecule has 2 amide bonds. The van der Waals surface area contributed by atoms with Crippen LogP contribution in [0.4, 0.5) is 4.39 Å². The van der Waals surface area contributed by atoms with Crippen LogP contribution in [0, 0.1) is 5.82 Å². The molecule has 0 heterocycles. The van der Waals surface area contributed by atoms with E-state index in [4.69, 9.17) is 5.73 Å². The van der Waals surface area contributed by atoms with Crippen LogP contribution in [-0.2, 0) is 6.54 Å². The molecule has 0 aliphatic carbocycles. The van der Waals surface area contributed by atoms with E-state index in [1.165, 1.54) is 18.2 Å². The second-order valence-corrected chi connectivity index (χ2v) is 4.23. The van der Waals surface area contributed by atoms with Gasteiger partial charge in [-0.25, -0.2) is 4.39 Å². The third-order valence-corrected chi connectivity index (χ3v) is 2.78. The van der Waals surface area contributed by atoms with Crippen molar-refractivity contribution < 1.29 is 14.0 Å². The van der Waals surface area contributed by atoms with E-state index >= 15 is 0 Å². The number of carbonyl (C=O) groups is 2. The maximum Gasteiger partial charge on any atom is 0.254 e. The molecule has 0 aliphatic heterocycles. The molecule has 0 radical (unpaired) electrons. The number of benzene rings is 2. The average molecular weight is 272 g/mol. The Bertz CT molecular complexity index is 656. The maximum absolute atomic E-state index is 13.4. The van der Waals surface area contributed by atoms with Gasteiger partial charge in [0.15, 0.2) is 0 Å². The molecule has 0 aliphatic rings. The number of nitrogens with one attached hydrogen (secondary N) is 1. The van der Waals surface area contributed by atoms with Crippen molar-refractivity contribution in [1.82, 2.24) is 5.32 Å².